The normalized spacial score (nSPS) is 11.8. The first kappa shape index (κ1) is 18.8. The van der Waals surface area contributed by atoms with Crippen LogP contribution in [0.5, 0.6) is 23.0 Å². The fourth-order valence-corrected chi connectivity index (χ4v) is 2.32. The van der Waals surface area contributed by atoms with Crippen LogP contribution in [0, 0.1) is 0 Å². The van der Waals surface area contributed by atoms with Gasteiger partial charge in [0.15, 0.2) is 35.6 Å². The number of phenols is 2. The zero-order valence-electron chi connectivity index (χ0n) is 14.3. The number of hydrogen-bond donors (Lipinski definition) is 2. The van der Waals surface area contributed by atoms with E-state index in [1.165, 1.54) is 38.5 Å². The highest BCUT2D eigenvalue weighted by atomic mass is 16.5. The highest BCUT2D eigenvalue weighted by Gasteiger charge is 2.08. The molecule has 0 aliphatic rings. The van der Waals surface area contributed by atoms with Gasteiger partial charge in [0.25, 0.3) is 0 Å². The minimum Gasteiger partial charge on any atom is -0.504 e. The molecule has 2 aromatic carbocycles. The quantitative estimate of drug-likeness (QED) is 0.451. The lowest BCUT2D eigenvalue weighted by atomic mass is 10.0. The molecule has 6 nitrogen and oxygen atoms in total. The summed E-state index contributed by atoms with van der Waals surface area (Å²) in [4.78, 5) is 22.9. The third-order valence-corrected chi connectivity index (χ3v) is 3.64. The molecular weight excluding hydrogens is 336 g/mol. The van der Waals surface area contributed by atoms with Crippen molar-refractivity contribution in [3.63, 3.8) is 0 Å². The fraction of sp³-hybridized carbons (Fsp3) is 0.100. The molecular formula is C20H18O6. The second-order valence-corrected chi connectivity index (χ2v) is 5.30. The van der Waals surface area contributed by atoms with Crippen LogP contribution in [0.3, 0.4) is 0 Å². The summed E-state index contributed by atoms with van der Waals surface area (Å²) in [6.45, 7) is 0. The monoisotopic (exact) mass is 354 g/mol. The van der Waals surface area contributed by atoms with E-state index in [0.29, 0.717) is 35.2 Å². The van der Waals surface area contributed by atoms with Crippen molar-refractivity contribution >= 4 is 24.7 Å². The Bertz CT molecular complexity index is 806. The Morgan fingerprint density at radius 1 is 0.769 bits per heavy atom. The number of methoxy groups -OCH3 is 2. The van der Waals surface area contributed by atoms with Crippen molar-refractivity contribution in [1.29, 1.82) is 0 Å². The minimum atomic E-state index is -0.0804. The van der Waals surface area contributed by atoms with E-state index in [0.717, 1.165) is 0 Å². The number of ether oxygens (including phenoxy) is 2. The average Bonchev–Trinajstić information content (AvgIpc) is 2.64. The molecule has 0 bridgehead atoms. The lowest BCUT2D eigenvalue weighted by molar-refractivity contribution is -0.107. The lowest BCUT2D eigenvalue weighted by Crippen LogP contribution is -1.94. The minimum absolute atomic E-state index is 0.0804. The number of rotatable bonds is 7. The maximum Gasteiger partial charge on any atom is 0.160 e. The second kappa shape index (κ2) is 8.53. The molecule has 134 valence electrons. The molecule has 0 saturated carbocycles. The van der Waals surface area contributed by atoms with E-state index in [1.807, 2.05) is 0 Å². The first-order chi connectivity index (χ1) is 12.5. The Morgan fingerprint density at radius 2 is 1.15 bits per heavy atom. The maximum atomic E-state index is 11.5. The summed E-state index contributed by atoms with van der Waals surface area (Å²) >= 11 is 0. The lowest BCUT2D eigenvalue weighted by Gasteiger charge is -2.06. The highest BCUT2D eigenvalue weighted by molar-refractivity contribution is 6.02. The smallest absolute Gasteiger partial charge is 0.160 e. The number of benzene rings is 2. The summed E-state index contributed by atoms with van der Waals surface area (Å²) in [7, 11) is 2.86. The first-order valence-electron chi connectivity index (χ1n) is 7.60. The van der Waals surface area contributed by atoms with Gasteiger partial charge in [-0.3, -0.25) is 9.59 Å². The van der Waals surface area contributed by atoms with Crippen LogP contribution < -0.4 is 9.47 Å². The van der Waals surface area contributed by atoms with Gasteiger partial charge < -0.3 is 19.7 Å². The van der Waals surface area contributed by atoms with Gasteiger partial charge in [0.05, 0.1) is 14.2 Å². The Morgan fingerprint density at radius 3 is 1.42 bits per heavy atom. The number of aromatic hydroxyl groups is 2. The number of phenolic OH excluding ortho intramolecular Hbond substituents is 2. The number of carbonyl (C=O) groups is 2. The summed E-state index contributed by atoms with van der Waals surface area (Å²) in [5.41, 5.74) is 1.30. The molecule has 0 aliphatic carbocycles. The molecule has 0 atom stereocenters. The van der Waals surface area contributed by atoms with Gasteiger partial charge in [-0.25, -0.2) is 0 Å². The summed E-state index contributed by atoms with van der Waals surface area (Å²) in [5, 5.41) is 19.6. The molecule has 6 heteroatoms. The van der Waals surface area contributed by atoms with Gasteiger partial charge in [-0.1, -0.05) is 12.1 Å². The van der Waals surface area contributed by atoms with Crippen LogP contribution in [0.4, 0.5) is 0 Å². The van der Waals surface area contributed by atoms with Crippen molar-refractivity contribution in [2.24, 2.45) is 0 Å². The fourth-order valence-electron chi connectivity index (χ4n) is 2.32. The van der Waals surface area contributed by atoms with Crippen LogP contribution in [-0.2, 0) is 9.59 Å². The van der Waals surface area contributed by atoms with Crippen molar-refractivity contribution < 1.29 is 29.3 Å². The molecule has 0 radical (unpaired) electrons. The summed E-state index contributed by atoms with van der Waals surface area (Å²) in [5.74, 6) is 0.441. The van der Waals surface area contributed by atoms with Gasteiger partial charge in [-0.2, -0.15) is 0 Å². The standard InChI is InChI=1S/C20H18O6/c1-25-19-5-3-13(9-17(19)23)7-15(11-21)16(12-22)8-14-4-6-20(26-2)18(24)10-14/h3-12,23-24H,1-2H3/b15-7-,16-8-. The van der Waals surface area contributed by atoms with Crippen molar-refractivity contribution in [3.05, 3.63) is 58.7 Å². The van der Waals surface area contributed by atoms with Crippen LogP contribution in [0.15, 0.2) is 47.5 Å². The van der Waals surface area contributed by atoms with E-state index >= 15 is 0 Å². The van der Waals surface area contributed by atoms with E-state index in [-0.39, 0.29) is 22.6 Å². The summed E-state index contributed by atoms with van der Waals surface area (Å²) in [6.07, 6.45) is 4.03. The van der Waals surface area contributed by atoms with E-state index in [4.69, 9.17) is 9.47 Å². The predicted molar refractivity (Wildman–Crippen MR) is 97.4 cm³/mol. The molecule has 0 unspecified atom stereocenters. The third kappa shape index (κ3) is 4.30. The zero-order valence-corrected chi connectivity index (χ0v) is 14.3. The van der Waals surface area contributed by atoms with E-state index in [9.17, 15) is 19.8 Å². The van der Waals surface area contributed by atoms with E-state index < -0.39 is 0 Å². The SMILES string of the molecule is COc1ccc(/C=C(C=O)\C(C=O)=C/c2ccc(OC)c(O)c2)cc1O. The van der Waals surface area contributed by atoms with Crippen LogP contribution in [0.25, 0.3) is 12.2 Å². The molecule has 0 saturated heterocycles. The van der Waals surface area contributed by atoms with E-state index in [2.05, 4.69) is 0 Å². The molecule has 26 heavy (non-hydrogen) atoms. The Hall–Kier alpha value is -3.54. The van der Waals surface area contributed by atoms with Crippen molar-refractivity contribution in [3.8, 4) is 23.0 Å². The molecule has 0 amide bonds. The summed E-state index contributed by atoms with van der Waals surface area (Å²) < 4.78 is 9.93. The van der Waals surface area contributed by atoms with Crippen LogP contribution in [0.2, 0.25) is 0 Å². The molecule has 0 heterocycles. The van der Waals surface area contributed by atoms with Crippen molar-refractivity contribution in [1.82, 2.24) is 0 Å². The van der Waals surface area contributed by atoms with Gasteiger partial charge in [0.1, 0.15) is 0 Å². The summed E-state index contributed by atoms with van der Waals surface area (Å²) in [6, 6.07) is 9.23. The van der Waals surface area contributed by atoms with Crippen LogP contribution in [-0.4, -0.2) is 37.0 Å². The predicted octanol–water partition coefficient (Wildman–Crippen LogP) is 2.98. The zero-order chi connectivity index (χ0) is 19.1. The molecule has 0 fully saturated rings. The molecule has 2 N–H and O–H groups in total. The van der Waals surface area contributed by atoms with Crippen LogP contribution >= 0.6 is 0 Å². The second-order valence-electron chi connectivity index (χ2n) is 5.30. The maximum absolute atomic E-state index is 11.5. The van der Waals surface area contributed by atoms with Gasteiger partial charge in [-0.15, -0.1) is 0 Å². The number of allylic oxidation sites excluding steroid dienone is 2. The molecule has 0 spiro atoms. The highest BCUT2D eigenvalue weighted by Crippen LogP contribution is 2.29. The molecule has 0 aliphatic heterocycles. The average molecular weight is 354 g/mol. The van der Waals surface area contributed by atoms with Gasteiger partial charge >= 0.3 is 0 Å². The number of hydrogen-bond acceptors (Lipinski definition) is 6. The Balaban J connectivity index is 2.42. The Labute approximate surface area is 150 Å². The van der Waals surface area contributed by atoms with E-state index in [1.54, 1.807) is 24.3 Å². The Kier molecular flexibility index (Phi) is 6.16. The number of carbonyl (C=O) groups excluding carboxylic acids is 2. The number of aldehydes is 2. The largest absolute Gasteiger partial charge is 0.504 e. The van der Waals surface area contributed by atoms with Crippen molar-refractivity contribution in [2.45, 2.75) is 0 Å². The molecule has 2 rings (SSSR count). The third-order valence-electron chi connectivity index (χ3n) is 3.64. The molecule has 2 aromatic rings. The van der Waals surface area contributed by atoms with Gasteiger partial charge in [0.2, 0.25) is 0 Å². The topological polar surface area (TPSA) is 93.1 Å². The molecule has 0 aromatic heterocycles. The van der Waals surface area contributed by atoms with Gasteiger partial charge in [-0.05, 0) is 47.5 Å². The van der Waals surface area contributed by atoms with Gasteiger partial charge in [0, 0.05) is 11.1 Å². The van der Waals surface area contributed by atoms with Crippen molar-refractivity contribution in [2.75, 3.05) is 14.2 Å². The van der Waals surface area contributed by atoms with Crippen LogP contribution in [0.1, 0.15) is 11.1 Å². The first-order valence-corrected chi connectivity index (χ1v) is 7.60.